The molecule has 0 saturated carbocycles. The van der Waals surface area contributed by atoms with Crippen LogP contribution in [0.25, 0.3) is 0 Å². The van der Waals surface area contributed by atoms with Gasteiger partial charge in [-0.1, -0.05) is 23.2 Å². The fraction of sp³-hybridized carbons (Fsp3) is 0.125. The van der Waals surface area contributed by atoms with Crippen LogP contribution in [-0.2, 0) is 0 Å². The summed E-state index contributed by atoms with van der Waals surface area (Å²) in [6.07, 6.45) is 0.504. The number of carbonyl (C=O) groups is 1. The molecule has 1 aromatic rings. The highest BCUT2D eigenvalue weighted by Crippen LogP contribution is 2.34. The monoisotopic (exact) mass is 240 g/mol. The Morgan fingerprint density at radius 3 is 2.14 bits per heavy atom. The first kappa shape index (κ1) is 11.2. The minimum atomic E-state index is -3.01. The third-order valence-electron chi connectivity index (χ3n) is 1.36. The van der Waals surface area contributed by atoms with E-state index in [1.54, 1.807) is 0 Å². The highest BCUT2D eigenvalue weighted by atomic mass is 35.5. The van der Waals surface area contributed by atoms with Crippen LogP contribution in [0.2, 0.25) is 10.0 Å². The molecule has 1 aromatic carbocycles. The zero-order valence-electron chi connectivity index (χ0n) is 6.64. The first-order valence-corrected chi connectivity index (χ1v) is 4.19. The summed E-state index contributed by atoms with van der Waals surface area (Å²) in [6, 6.07) is 2.39. The van der Waals surface area contributed by atoms with E-state index in [0.717, 1.165) is 0 Å². The topological polar surface area (TPSA) is 26.3 Å². The molecule has 0 saturated heterocycles. The number of hydrogen-bond donors (Lipinski definition) is 0. The second kappa shape index (κ2) is 4.57. The van der Waals surface area contributed by atoms with Crippen LogP contribution in [0.4, 0.5) is 8.78 Å². The van der Waals surface area contributed by atoms with Crippen LogP contribution in [0.15, 0.2) is 12.1 Å². The largest absolute Gasteiger partial charge is 0.432 e. The van der Waals surface area contributed by atoms with Crippen LogP contribution in [0.1, 0.15) is 10.4 Å². The molecular formula is C8H4Cl2F2O2. The molecule has 0 atom stereocenters. The molecule has 1 rings (SSSR count). The third-order valence-corrected chi connectivity index (χ3v) is 1.93. The predicted octanol–water partition coefficient (Wildman–Crippen LogP) is 3.41. The molecular weight excluding hydrogens is 237 g/mol. The zero-order valence-corrected chi connectivity index (χ0v) is 8.15. The molecule has 0 aliphatic heterocycles. The van der Waals surface area contributed by atoms with E-state index in [9.17, 15) is 13.6 Å². The highest BCUT2D eigenvalue weighted by Gasteiger charge is 2.13. The number of carbonyl (C=O) groups excluding carboxylic acids is 1. The Morgan fingerprint density at radius 1 is 1.29 bits per heavy atom. The van der Waals surface area contributed by atoms with Gasteiger partial charge in [0.1, 0.15) is 6.29 Å². The Hall–Kier alpha value is -0.870. The zero-order chi connectivity index (χ0) is 10.7. The molecule has 0 aromatic heterocycles. The Bertz CT molecular complexity index is 332. The second-order valence-electron chi connectivity index (χ2n) is 2.31. The molecule has 0 radical (unpaired) electrons. The van der Waals surface area contributed by atoms with Gasteiger partial charge in [-0.05, 0) is 12.1 Å². The molecule has 0 spiro atoms. The molecule has 0 heterocycles. The number of hydrogen-bond acceptors (Lipinski definition) is 2. The number of alkyl halides is 2. The van der Waals surface area contributed by atoms with Crippen molar-refractivity contribution >= 4 is 29.5 Å². The maximum absolute atomic E-state index is 11.9. The fourth-order valence-electron chi connectivity index (χ4n) is 0.849. The van der Waals surface area contributed by atoms with Crippen LogP contribution in [0, 0.1) is 0 Å². The van der Waals surface area contributed by atoms with E-state index in [1.165, 1.54) is 12.1 Å². The summed E-state index contributed by atoms with van der Waals surface area (Å²) in [5, 5.41) is -0.250. The Kier molecular flexibility index (Phi) is 3.66. The average Bonchev–Trinajstić information content (AvgIpc) is 2.10. The summed E-state index contributed by atoms with van der Waals surface area (Å²) in [5.41, 5.74) is 0.196. The van der Waals surface area contributed by atoms with Crippen molar-refractivity contribution in [2.75, 3.05) is 0 Å². The van der Waals surface area contributed by atoms with E-state index >= 15 is 0 Å². The number of rotatable bonds is 3. The van der Waals surface area contributed by atoms with Crippen LogP contribution in [0.3, 0.4) is 0 Å². The lowest BCUT2D eigenvalue weighted by atomic mass is 10.2. The highest BCUT2D eigenvalue weighted by molar-refractivity contribution is 6.37. The lowest BCUT2D eigenvalue weighted by Gasteiger charge is -2.08. The molecule has 0 aliphatic carbocycles. The Labute approximate surface area is 88.4 Å². The Balaban J connectivity index is 3.11. The van der Waals surface area contributed by atoms with Gasteiger partial charge < -0.3 is 4.74 Å². The van der Waals surface area contributed by atoms with E-state index in [-0.39, 0.29) is 21.4 Å². The molecule has 14 heavy (non-hydrogen) atoms. The minimum Gasteiger partial charge on any atom is -0.432 e. The van der Waals surface area contributed by atoms with E-state index in [2.05, 4.69) is 4.74 Å². The van der Waals surface area contributed by atoms with Crippen molar-refractivity contribution in [3.63, 3.8) is 0 Å². The van der Waals surface area contributed by atoms with Gasteiger partial charge in [0, 0.05) is 5.56 Å². The maximum Gasteiger partial charge on any atom is 0.387 e. The van der Waals surface area contributed by atoms with Crippen molar-refractivity contribution in [1.82, 2.24) is 0 Å². The molecule has 0 N–H and O–H groups in total. The first-order chi connectivity index (χ1) is 6.54. The number of benzene rings is 1. The maximum atomic E-state index is 11.9. The fourth-order valence-corrected chi connectivity index (χ4v) is 1.44. The molecule has 76 valence electrons. The van der Waals surface area contributed by atoms with Gasteiger partial charge in [0.2, 0.25) is 0 Å². The smallest absolute Gasteiger partial charge is 0.387 e. The van der Waals surface area contributed by atoms with Gasteiger partial charge in [0.25, 0.3) is 0 Å². The molecule has 2 nitrogen and oxygen atoms in total. The van der Waals surface area contributed by atoms with Crippen molar-refractivity contribution in [1.29, 1.82) is 0 Å². The summed E-state index contributed by atoms with van der Waals surface area (Å²) < 4.78 is 27.8. The number of aldehydes is 1. The van der Waals surface area contributed by atoms with Gasteiger partial charge >= 0.3 is 6.61 Å². The average molecular weight is 241 g/mol. The van der Waals surface area contributed by atoms with Gasteiger partial charge in [-0.2, -0.15) is 8.78 Å². The normalized spacial score (nSPS) is 10.4. The van der Waals surface area contributed by atoms with Gasteiger partial charge in [0.05, 0.1) is 10.0 Å². The summed E-state index contributed by atoms with van der Waals surface area (Å²) in [6.45, 7) is -3.01. The van der Waals surface area contributed by atoms with Crippen LogP contribution >= 0.6 is 23.2 Å². The lowest BCUT2D eigenvalue weighted by molar-refractivity contribution is -0.0497. The molecule has 0 amide bonds. The standard InChI is InChI=1S/C8H4Cl2F2O2/c9-5-1-4(3-13)2-6(10)7(5)14-8(11)12/h1-3,8H. The number of ether oxygens (including phenoxy) is 1. The van der Waals surface area contributed by atoms with Gasteiger partial charge in [-0.3, -0.25) is 4.79 Å². The van der Waals surface area contributed by atoms with E-state index in [1.807, 2.05) is 0 Å². The van der Waals surface area contributed by atoms with Crippen molar-refractivity contribution in [2.24, 2.45) is 0 Å². The predicted molar refractivity (Wildman–Crippen MR) is 48.5 cm³/mol. The minimum absolute atomic E-state index is 0.125. The molecule has 0 fully saturated rings. The summed E-state index contributed by atoms with van der Waals surface area (Å²) in [5.74, 6) is -0.325. The van der Waals surface area contributed by atoms with Gasteiger partial charge in [-0.15, -0.1) is 0 Å². The molecule has 0 unspecified atom stereocenters. The van der Waals surface area contributed by atoms with E-state index < -0.39 is 6.61 Å². The van der Waals surface area contributed by atoms with Crippen molar-refractivity contribution in [3.05, 3.63) is 27.7 Å². The summed E-state index contributed by atoms with van der Waals surface area (Å²) >= 11 is 11.1. The van der Waals surface area contributed by atoms with E-state index in [4.69, 9.17) is 23.2 Å². The third kappa shape index (κ3) is 2.56. The first-order valence-electron chi connectivity index (χ1n) is 3.43. The van der Waals surface area contributed by atoms with Gasteiger partial charge in [-0.25, -0.2) is 0 Å². The Morgan fingerprint density at radius 2 is 1.79 bits per heavy atom. The lowest BCUT2D eigenvalue weighted by Crippen LogP contribution is -2.03. The van der Waals surface area contributed by atoms with E-state index in [0.29, 0.717) is 6.29 Å². The van der Waals surface area contributed by atoms with Crippen molar-refractivity contribution in [2.45, 2.75) is 6.61 Å². The van der Waals surface area contributed by atoms with Crippen LogP contribution < -0.4 is 4.74 Å². The summed E-state index contributed by atoms with van der Waals surface area (Å²) in [4.78, 5) is 10.3. The number of halogens is 4. The quantitative estimate of drug-likeness (QED) is 0.758. The SMILES string of the molecule is O=Cc1cc(Cl)c(OC(F)F)c(Cl)c1. The molecule has 6 heteroatoms. The summed E-state index contributed by atoms with van der Waals surface area (Å²) in [7, 11) is 0. The molecule has 0 aliphatic rings. The van der Waals surface area contributed by atoms with Gasteiger partial charge in [0.15, 0.2) is 5.75 Å². The van der Waals surface area contributed by atoms with Crippen LogP contribution in [0.5, 0.6) is 5.75 Å². The van der Waals surface area contributed by atoms with Crippen LogP contribution in [-0.4, -0.2) is 12.9 Å². The second-order valence-corrected chi connectivity index (χ2v) is 3.12. The van der Waals surface area contributed by atoms with Crippen molar-refractivity contribution in [3.8, 4) is 5.75 Å². The van der Waals surface area contributed by atoms with Crippen molar-refractivity contribution < 1.29 is 18.3 Å². The molecule has 0 bridgehead atoms.